The van der Waals surface area contributed by atoms with E-state index in [1.165, 1.54) is 11.8 Å². The van der Waals surface area contributed by atoms with Crippen LogP contribution in [0, 0.1) is 0 Å². The molecule has 3 aromatic rings. The highest BCUT2D eigenvalue weighted by Crippen LogP contribution is 2.41. The molecule has 0 saturated carbocycles. The third-order valence-electron chi connectivity index (χ3n) is 6.20. The number of hydrogen-bond donors (Lipinski definition) is 1. The third-order valence-corrected chi connectivity index (χ3v) is 7.61. The number of aryl methyl sites for hydroxylation is 1. The maximum atomic E-state index is 13.7. The van der Waals surface area contributed by atoms with E-state index in [1.807, 2.05) is 63.4 Å². The van der Waals surface area contributed by atoms with Crippen molar-refractivity contribution in [1.82, 2.24) is 14.8 Å². The van der Waals surface area contributed by atoms with Gasteiger partial charge in [-0.25, -0.2) is 0 Å². The van der Waals surface area contributed by atoms with Crippen LogP contribution >= 0.6 is 23.4 Å². The Labute approximate surface area is 216 Å². The van der Waals surface area contributed by atoms with E-state index in [4.69, 9.17) is 16.3 Å². The molecular formula is C27H32ClN3O3S. The Hall–Kier alpha value is -2.48. The number of carbonyl (C=O) groups excluding carboxylic acids is 2. The number of hydrogen-bond acceptors (Lipinski definition) is 4. The molecule has 35 heavy (non-hydrogen) atoms. The van der Waals surface area contributed by atoms with E-state index < -0.39 is 6.04 Å². The van der Waals surface area contributed by atoms with Crippen LogP contribution in [0.5, 0.6) is 0 Å². The number of amides is 2. The largest absolute Gasteiger partial charge is 0.379 e. The number of carbonyl (C=O) groups is 2. The maximum absolute atomic E-state index is 13.7. The minimum Gasteiger partial charge on any atom is -0.379 e. The minimum atomic E-state index is -0.697. The van der Waals surface area contributed by atoms with E-state index >= 15 is 0 Å². The molecule has 6 nitrogen and oxygen atoms in total. The molecule has 0 aliphatic carbocycles. The van der Waals surface area contributed by atoms with Crippen molar-refractivity contribution < 1.29 is 14.3 Å². The summed E-state index contributed by atoms with van der Waals surface area (Å²) in [7, 11) is 2.00. The predicted octanol–water partition coefficient (Wildman–Crippen LogP) is 4.98. The number of benzene rings is 2. The van der Waals surface area contributed by atoms with Crippen LogP contribution < -0.4 is 5.32 Å². The summed E-state index contributed by atoms with van der Waals surface area (Å²) in [5, 5.41) is 5.73. The first-order valence-electron chi connectivity index (χ1n) is 12.0. The first-order valence-corrected chi connectivity index (χ1v) is 13.4. The second-order valence-electron chi connectivity index (χ2n) is 9.01. The zero-order valence-electron chi connectivity index (χ0n) is 20.4. The van der Waals surface area contributed by atoms with Gasteiger partial charge < -0.3 is 19.5 Å². The molecule has 0 bridgehead atoms. The van der Waals surface area contributed by atoms with E-state index in [-0.39, 0.29) is 17.9 Å². The highest BCUT2D eigenvalue weighted by Gasteiger charge is 2.38. The molecule has 1 aromatic heterocycles. The summed E-state index contributed by atoms with van der Waals surface area (Å²) in [5.74, 6) is 0.107. The number of aromatic nitrogens is 1. The van der Waals surface area contributed by atoms with Crippen molar-refractivity contribution in [2.24, 2.45) is 7.05 Å². The molecule has 0 saturated heterocycles. The quantitative estimate of drug-likeness (QED) is 0.410. The van der Waals surface area contributed by atoms with Crippen molar-refractivity contribution >= 4 is 46.1 Å². The zero-order chi connectivity index (χ0) is 24.9. The standard InChI is InChI=1S/C27H32ClN3O3S/c1-18(2)34-16-6-14-29-26(33)25-24-21-7-4-5-8-22(21)30(3)27(24)35-17-23(32)31(25)15-13-19-9-11-20(28)12-10-19/h4-5,7-12,18,25H,6,13-17H2,1-3H3,(H,29,33). The molecule has 4 rings (SSSR count). The smallest absolute Gasteiger partial charge is 0.247 e. The number of rotatable bonds is 9. The maximum Gasteiger partial charge on any atom is 0.247 e. The van der Waals surface area contributed by atoms with Crippen LogP contribution in [-0.4, -0.2) is 52.8 Å². The van der Waals surface area contributed by atoms with Gasteiger partial charge in [-0.3, -0.25) is 9.59 Å². The van der Waals surface area contributed by atoms with Gasteiger partial charge in [0.15, 0.2) is 0 Å². The summed E-state index contributed by atoms with van der Waals surface area (Å²) in [6.45, 7) is 5.51. The normalized spacial score (nSPS) is 16.0. The average Bonchev–Trinajstić information content (AvgIpc) is 3.02. The second kappa shape index (κ2) is 11.5. The Balaban J connectivity index is 1.65. The number of fused-ring (bicyclic) bond motifs is 3. The number of para-hydroxylation sites is 1. The molecule has 1 unspecified atom stereocenters. The van der Waals surface area contributed by atoms with Crippen molar-refractivity contribution in [3.8, 4) is 0 Å². The number of nitrogens with one attached hydrogen (secondary N) is 1. The second-order valence-corrected chi connectivity index (χ2v) is 10.4. The number of halogens is 1. The van der Waals surface area contributed by atoms with Gasteiger partial charge in [-0.1, -0.05) is 53.7 Å². The number of ether oxygens (including phenoxy) is 1. The molecular weight excluding hydrogens is 482 g/mol. The zero-order valence-corrected chi connectivity index (χ0v) is 22.0. The Morgan fingerprint density at radius 1 is 1.20 bits per heavy atom. The van der Waals surface area contributed by atoms with Crippen LogP contribution in [0.3, 0.4) is 0 Å². The van der Waals surface area contributed by atoms with Gasteiger partial charge in [0, 0.05) is 48.2 Å². The average molecular weight is 514 g/mol. The van der Waals surface area contributed by atoms with Gasteiger partial charge in [0.1, 0.15) is 6.04 Å². The van der Waals surface area contributed by atoms with Crippen molar-refractivity contribution in [2.75, 3.05) is 25.4 Å². The Morgan fingerprint density at radius 3 is 2.69 bits per heavy atom. The summed E-state index contributed by atoms with van der Waals surface area (Å²) in [4.78, 5) is 28.8. The van der Waals surface area contributed by atoms with Crippen LogP contribution in [0.15, 0.2) is 53.6 Å². The fourth-order valence-electron chi connectivity index (χ4n) is 4.48. The highest BCUT2D eigenvalue weighted by molar-refractivity contribution is 8.00. The van der Waals surface area contributed by atoms with Crippen LogP contribution in [-0.2, 0) is 27.8 Å². The summed E-state index contributed by atoms with van der Waals surface area (Å²) < 4.78 is 7.71. The lowest BCUT2D eigenvalue weighted by molar-refractivity contribution is -0.138. The summed E-state index contributed by atoms with van der Waals surface area (Å²) in [6.07, 6.45) is 1.51. The van der Waals surface area contributed by atoms with E-state index in [1.54, 1.807) is 4.90 Å². The molecule has 8 heteroatoms. The Bertz CT molecular complexity index is 1190. The molecule has 1 atom stereocenters. The van der Waals surface area contributed by atoms with Gasteiger partial charge in [0.25, 0.3) is 0 Å². The summed E-state index contributed by atoms with van der Waals surface area (Å²) in [6, 6.07) is 15.0. The van der Waals surface area contributed by atoms with Crippen LogP contribution in [0.4, 0.5) is 0 Å². The fourth-order valence-corrected chi connectivity index (χ4v) is 5.70. The molecule has 2 amide bonds. The van der Waals surface area contributed by atoms with Gasteiger partial charge in [-0.05, 0) is 50.5 Å². The first kappa shape index (κ1) is 25.6. The van der Waals surface area contributed by atoms with Crippen LogP contribution in [0.2, 0.25) is 5.02 Å². The summed E-state index contributed by atoms with van der Waals surface area (Å²) in [5.41, 5.74) is 3.04. The lowest BCUT2D eigenvalue weighted by atomic mass is 10.0. The van der Waals surface area contributed by atoms with Gasteiger partial charge in [-0.2, -0.15) is 0 Å². The number of thioether (sulfide) groups is 1. The van der Waals surface area contributed by atoms with Crippen molar-refractivity contribution in [3.05, 3.63) is 64.7 Å². The lowest BCUT2D eigenvalue weighted by Gasteiger charge is -2.30. The Kier molecular flexibility index (Phi) is 8.42. The lowest BCUT2D eigenvalue weighted by Crippen LogP contribution is -2.45. The van der Waals surface area contributed by atoms with Crippen LogP contribution in [0.25, 0.3) is 10.9 Å². The monoisotopic (exact) mass is 513 g/mol. The van der Waals surface area contributed by atoms with E-state index in [0.29, 0.717) is 43.3 Å². The van der Waals surface area contributed by atoms with Crippen molar-refractivity contribution in [3.63, 3.8) is 0 Å². The SMILES string of the molecule is CC(C)OCCCNC(=O)C1c2c(n(C)c3ccccc23)SCC(=O)N1CCc1ccc(Cl)cc1. The highest BCUT2D eigenvalue weighted by atomic mass is 35.5. The van der Waals surface area contributed by atoms with E-state index in [9.17, 15) is 9.59 Å². The van der Waals surface area contributed by atoms with Gasteiger partial charge >= 0.3 is 0 Å². The summed E-state index contributed by atoms with van der Waals surface area (Å²) >= 11 is 7.55. The molecule has 0 radical (unpaired) electrons. The molecule has 2 aromatic carbocycles. The van der Waals surface area contributed by atoms with E-state index in [2.05, 4.69) is 16.0 Å². The van der Waals surface area contributed by atoms with Gasteiger partial charge in [0.05, 0.1) is 16.9 Å². The van der Waals surface area contributed by atoms with Crippen molar-refractivity contribution in [1.29, 1.82) is 0 Å². The fraction of sp³-hybridized carbons (Fsp3) is 0.407. The third kappa shape index (κ3) is 5.85. The first-order chi connectivity index (χ1) is 16.9. The van der Waals surface area contributed by atoms with Crippen LogP contribution in [0.1, 0.15) is 37.4 Å². The van der Waals surface area contributed by atoms with E-state index in [0.717, 1.165) is 27.1 Å². The predicted molar refractivity (Wildman–Crippen MR) is 142 cm³/mol. The number of nitrogens with zero attached hydrogens (tertiary/aromatic N) is 2. The van der Waals surface area contributed by atoms with Gasteiger partial charge in [0.2, 0.25) is 11.8 Å². The minimum absolute atomic E-state index is 0.0347. The topological polar surface area (TPSA) is 63.6 Å². The molecule has 1 aliphatic heterocycles. The van der Waals surface area contributed by atoms with Crippen molar-refractivity contribution in [2.45, 2.75) is 43.9 Å². The molecule has 0 spiro atoms. The molecule has 1 N–H and O–H groups in total. The molecule has 186 valence electrons. The molecule has 1 aliphatic rings. The molecule has 0 fully saturated rings. The molecule has 2 heterocycles. The Morgan fingerprint density at radius 2 is 1.94 bits per heavy atom. The van der Waals surface area contributed by atoms with Gasteiger partial charge in [-0.15, -0.1) is 0 Å².